The van der Waals surface area contributed by atoms with Crippen LogP contribution in [-0.2, 0) is 6.54 Å². The van der Waals surface area contributed by atoms with E-state index in [9.17, 15) is 4.79 Å². The smallest absolute Gasteiger partial charge is 0.254 e. The van der Waals surface area contributed by atoms with Crippen LogP contribution >= 0.6 is 22.6 Å². The van der Waals surface area contributed by atoms with Gasteiger partial charge in [0, 0.05) is 53.3 Å². The predicted octanol–water partition coefficient (Wildman–Crippen LogP) is 3.58. The Morgan fingerprint density at radius 1 is 1.04 bits per heavy atom. The zero-order chi connectivity index (χ0) is 18.6. The fourth-order valence-corrected chi connectivity index (χ4v) is 3.20. The first-order chi connectivity index (χ1) is 13.2. The molecule has 0 saturated heterocycles. The van der Waals surface area contributed by atoms with Crippen molar-refractivity contribution < 1.29 is 4.79 Å². The van der Waals surface area contributed by atoms with Gasteiger partial charge in [-0.1, -0.05) is 12.1 Å². The van der Waals surface area contributed by atoms with Gasteiger partial charge in [0.25, 0.3) is 5.91 Å². The van der Waals surface area contributed by atoms with Gasteiger partial charge in [0.2, 0.25) is 0 Å². The first-order valence-electron chi connectivity index (χ1n) is 8.24. The van der Waals surface area contributed by atoms with Gasteiger partial charge in [-0.25, -0.2) is 15.0 Å². The Morgan fingerprint density at radius 2 is 1.93 bits per heavy atom. The summed E-state index contributed by atoms with van der Waals surface area (Å²) in [5, 5.41) is 6.14. The van der Waals surface area contributed by atoms with E-state index in [4.69, 9.17) is 0 Å². The van der Waals surface area contributed by atoms with Crippen LogP contribution in [0.15, 0.2) is 61.2 Å². The van der Waals surface area contributed by atoms with Crippen molar-refractivity contribution in [1.29, 1.82) is 0 Å². The number of rotatable bonds is 3. The number of carbonyl (C=O) groups is 1. The molecular formula is C19H15IN6O. The largest absolute Gasteiger partial charge is 0.360 e. The van der Waals surface area contributed by atoms with Crippen LogP contribution in [0.2, 0.25) is 0 Å². The number of halogens is 1. The number of H-pyrrole nitrogens is 1. The molecule has 4 rings (SSSR count). The minimum atomic E-state index is -0.106. The molecule has 0 saturated carbocycles. The normalized spacial score (nSPS) is 12.1. The van der Waals surface area contributed by atoms with Crippen LogP contribution < -0.4 is 10.6 Å². The maximum Gasteiger partial charge on any atom is 0.254 e. The summed E-state index contributed by atoms with van der Waals surface area (Å²) in [6.07, 6.45) is 6.89. The van der Waals surface area contributed by atoms with Gasteiger partial charge in [0.1, 0.15) is 5.82 Å². The second-order valence-electron chi connectivity index (χ2n) is 5.76. The Balaban J connectivity index is 1.83. The SMILES string of the molecule is O=C1NCc2c(-c3cnc(I)nccc[nH]3)ccc(Nc3ccccn3)c21. The van der Waals surface area contributed by atoms with Gasteiger partial charge in [0.15, 0.2) is 3.83 Å². The third-order valence-corrected chi connectivity index (χ3v) is 4.64. The quantitative estimate of drug-likeness (QED) is 0.509. The highest BCUT2D eigenvalue weighted by atomic mass is 127. The predicted molar refractivity (Wildman–Crippen MR) is 111 cm³/mol. The molecule has 3 N–H and O–H groups in total. The molecule has 3 heterocycles. The minimum absolute atomic E-state index is 0.106. The van der Waals surface area contributed by atoms with Crippen molar-refractivity contribution in [2.24, 2.45) is 0 Å². The molecular weight excluding hydrogens is 455 g/mol. The zero-order valence-corrected chi connectivity index (χ0v) is 16.3. The number of benzene rings is 1. The number of aromatic amines is 1. The molecule has 27 heavy (non-hydrogen) atoms. The van der Waals surface area contributed by atoms with Gasteiger partial charge in [-0.15, -0.1) is 0 Å². The average molecular weight is 470 g/mol. The van der Waals surface area contributed by atoms with Gasteiger partial charge < -0.3 is 15.6 Å². The molecule has 0 aliphatic carbocycles. The maximum atomic E-state index is 12.5. The van der Waals surface area contributed by atoms with Gasteiger partial charge in [-0.05, 0) is 29.8 Å². The zero-order valence-electron chi connectivity index (χ0n) is 14.1. The molecule has 1 aromatic carbocycles. The van der Waals surface area contributed by atoms with Crippen molar-refractivity contribution in [1.82, 2.24) is 25.3 Å². The number of amides is 1. The van der Waals surface area contributed by atoms with E-state index in [-0.39, 0.29) is 5.91 Å². The Labute approximate surface area is 169 Å². The molecule has 1 aliphatic rings. The van der Waals surface area contributed by atoms with Crippen LogP contribution in [0.25, 0.3) is 11.3 Å². The number of hydrogen-bond donors (Lipinski definition) is 3. The molecule has 0 fully saturated rings. The Kier molecular flexibility index (Phi) is 4.97. The fourth-order valence-electron chi connectivity index (χ4n) is 2.90. The average Bonchev–Trinajstić information content (AvgIpc) is 3.11. The molecule has 0 atom stereocenters. The molecule has 2 aromatic heterocycles. The van der Waals surface area contributed by atoms with Crippen LogP contribution in [0.3, 0.4) is 0 Å². The van der Waals surface area contributed by atoms with E-state index in [2.05, 4.69) is 53.2 Å². The van der Waals surface area contributed by atoms with Crippen LogP contribution in [-0.4, -0.2) is 25.8 Å². The van der Waals surface area contributed by atoms with E-state index in [0.717, 1.165) is 22.5 Å². The number of fused-ring (bicyclic) bond motifs is 1. The second-order valence-corrected chi connectivity index (χ2v) is 6.72. The van der Waals surface area contributed by atoms with Gasteiger partial charge in [0.05, 0.1) is 23.1 Å². The summed E-state index contributed by atoms with van der Waals surface area (Å²) >= 11 is 2.07. The third kappa shape index (κ3) is 3.75. The van der Waals surface area contributed by atoms with Crippen LogP contribution in [0, 0.1) is 3.83 Å². The number of carbonyl (C=O) groups excluding carboxylic acids is 1. The molecule has 0 unspecified atom stereocenters. The number of pyridine rings is 1. The topological polar surface area (TPSA) is 95.6 Å². The van der Waals surface area contributed by atoms with Crippen molar-refractivity contribution in [3.8, 4) is 11.3 Å². The van der Waals surface area contributed by atoms with E-state index in [1.807, 2.05) is 30.3 Å². The van der Waals surface area contributed by atoms with E-state index in [1.165, 1.54) is 0 Å². The summed E-state index contributed by atoms with van der Waals surface area (Å²) in [5.41, 5.74) is 3.97. The van der Waals surface area contributed by atoms with Crippen LogP contribution in [0.4, 0.5) is 11.5 Å². The molecule has 0 radical (unpaired) electrons. The maximum absolute atomic E-state index is 12.5. The molecule has 1 amide bonds. The van der Waals surface area contributed by atoms with Gasteiger partial charge in [-0.2, -0.15) is 0 Å². The van der Waals surface area contributed by atoms with E-state index < -0.39 is 0 Å². The monoisotopic (exact) mass is 470 g/mol. The number of hydrogen-bond acceptors (Lipinski definition) is 5. The molecule has 7 nitrogen and oxygen atoms in total. The van der Waals surface area contributed by atoms with Crippen molar-refractivity contribution in [3.63, 3.8) is 0 Å². The molecule has 0 bridgehead atoms. The van der Waals surface area contributed by atoms with Crippen molar-refractivity contribution in [2.75, 3.05) is 5.32 Å². The Bertz CT molecular complexity index is 1050. The number of nitrogens with zero attached hydrogens (tertiary/aromatic N) is 3. The first-order valence-corrected chi connectivity index (χ1v) is 9.32. The molecule has 8 heteroatoms. The highest BCUT2D eigenvalue weighted by molar-refractivity contribution is 14.1. The lowest BCUT2D eigenvalue weighted by atomic mass is 9.99. The Morgan fingerprint density at radius 3 is 2.78 bits per heavy atom. The highest BCUT2D eigenvalue weighted by Gasteiger charge is 2.26. The standard InChI is InChI=1S/C19H15IN6O/c20-19-23-9-3-8-21-15(11-25-19)12-5-6-14(17-13(12)10-24-18(17)27)26-16-4-1-2-7-22-16/h1-9,11,21H,10H2,(H,22,26)(H,24,27). The van der Waals surface area contributed by atoms with Gasteiger partial charge >= 0.3 is 0 Å². The van der Waals surface area contributed by atoms with E-state index in [0.29, 0.717) is 21.8 Å². The molecule has 1 aliphatic heterocycles. The number of aromatic nitrogens is 4. The third-order valence-electron chi connectivity index (χ3n) is 4.09. The molecule has 0 spiro atoms. The summed E-state index contributed by atoms with van der Waals surface area (Å²) in [6, 6.07) is 11.3. The first kappa shape index (κ1) is 17.4. The lowest BCUT2D eigenvalue weighted by Gasteiger charge is -2.12. The number of anilines is 2. The number of nitrogens with one attached hydrogen (secondary N) is 3. The van der Waals surface area contributed by atoms with Crippen molar-refractivity contribution in [2.45, 2.75) is 6.54 Å². The Hall–Kier alpha value is -3.01. The van der Waals surface area contributed by atoms with Crippen LogP contribution in [0.5, 0.6) is 0 Å². The van der Waals surface area contributed by atoms with Gasteiger partial charge in [-0.3, -0.25) is 4.79 Å². The summed E-state index contributed by atoms with van der Waals surface area (Å²) in [4.78, 5) is 28.5. The van der Waals surface area contributed by atoms with E-state index >= 15 is 0 Å². The highest BCUT2D eigenvalue weighted by Crippen LogP contribution is 2.33. The van der Waals surface area contributed by atoms with E-state index in [1.54, 1.807) is 30.9 Å². The second kappa shape index (κ2) is 7.70. The van der Waals surface area contributed by atoms with Crippen molar-refractivity contribution in [3.05, 3.63) is 76.1 Å². The lowest BCUT2D eigenvalue weighted by molar-refractivity contribution is 0.0966. The summed E-state index contributed by atoms with van der Waals surface area (Å²) in [5.74, 6) is 0.581. The van der Waals surface area contributed by atoms with Crippen molar-refractivity contribution >= 4 is 40.0 Å². The molecule has 3 aromatic rings. The lowest BCUT2D eigenvalue weighted by Crippen LogP contribution is -2.13. The van der Waals surface area contributed by atoms with Crippen LogP contribution in [0.1, 0.15) is 15.9 Å². The fraction of sp³-hybridized carbons (Fsp3) is 0.0526. The summed E-state index contributed by atoms with van der Waals surface area (Å²) in [6.45, 7) is 0.460. The molecule has 134 valence electrons. The summed E-state index contributed by atoms with van der Waals surface area (Å²) < 4.78 is 0.623. The summed E-state index contributed by atoms with van der Waals surface area (Å²) in [7, 11) is 0. The minimum Gasteiger partial charge on any atom is -0.360 e.